The minimum absolute atomic E-state index is 0.617. The molecule has 0 amide bonds. The van der Waals surface area contributed by atoms with Crippen molar-refractivity contribution in [2.24, 2.45) is 0 Å². The van der Waals surface area contributed by atoms with Crippen LogP contribution in [0.5, 0.6) is 11.5 Å². The number of morpholine rings is 1. The molecular weight excluding hydrogens is 418 g/mol. The van der Waals surface area contributed by atoms with E-state index < -0.39 is 0 Å². The lowest BCUT2D eigenvalue weighted by atomic mass is 10.2. The van der Waals surface area contributed by atoms with E-state index in [0.717, 1.165) is 78.3 Å². The van der Waals surface area contributed by atoms with Gasteiger partial charge in [-0.1, -0.05) is 0 Å². The van der Waals surface area contributed by atoms with E-state index in [0.29, 0.717) is 18.1 Å². The Hall–Kier alpha value is -3.36. The van der Waals surface area contributed by atoms with E-state index in [1.54, 1.807) is 13.4 Å². The summed E-state index contributed by atoms with van der Waals surface area (Å²) >= 11 is 0. The molecule has 8 heteroatoms. The topological polar surface area (TPSA) is 84.5 Å². The number of benzene rings is 2. The van der Waals surface area contributed by atoms with Gasteiger partial charge in [0.05, 0.1) is 32.4 Å². The normalized spacial score (nSPS) is 14.6. The van der Waals surface area contributed by atoms with Crippen LogP contribution < -0.4 is 14.8 Å². The standard InChI is InChI=1S/C25H29N5O3/c1-17-12-18-13-19(4-5-21(18)28-17)29-25-20-14-23(31-2)24(15-22(20)26-16-27-25)33-9-3-6-30-7-10-32-11-8-30/h4-5,12-16,28H,3,6-11H2,1-2H3,(H,26,27,29). The molecule has 2 aromatic carbocycles. The Morgan fingerprint density at radius 3 is 2.82 bits per heavy atom. The molecule has 0 saturated carbocycles. The number of hydrogen-bond acceptors (Lipinski definition) is 7. The number of H-pyrrole nitrogens is 1. The van der Waals surface area contributed by atoms with Crippen molar-refractivity contribution in [2.75, 3.05) is 51.9 Å². The second kappa shape index (κ2) is 9.64. The van der Waals surface area contributed by atoms with Crippen LogP contribution in [0.2, 0.25) is 0 Å². The van der Waals surface area contributed by atoms with Crippen LogP contribution in [0.15, 0.2) is 42.7 Å². The number of aromatic amines is 1. The Morgan fingerprint density at radius 2 is 1.97 bits per heavy atom. The van der Waals surface area contributed by atoms with Crippen molar-refractivity contribution in [3.05, 3.63) is 48.4 Å². The van der Waals surface area contributed by atoms with Crippen molar-refractivity contribution in [2.45, 2.75) is 13.3 Å². The summed E-state index contributed by atoms with van der Waals surface area (Å²) in [4.78, 5) is 14.7. The van der Waals surface area contributed by atoms with E-state index in [1.165, 1.54) is 0 Å². The first kappa shape index (κ1) is 21.5. The highest BCUT2D eigenvalue weighted by molar-refractivity contribution is 5.94. The highest BCUT2D eigenvalue weighted by Gasteiger charge is 2.13. The fourth-order valence-corrected chi connectivity index (χ4v) is 4.22. The van der Waals surface area contributed by atoms with Gasteiger partial charge < -0.3 is 24.5 Å². The minimum atomic E-state index is 0.617. The van der Waals surface area contributed by atoms with E-state index in [-0.39, 0.29) is 0 Å². The van der Waals surface area contributed by atoms with Crippen LogP contribution >= 0.6 is 0 Å². The second-order valence-corrected chi connectivity index (χ2v) is 8.28. The molecule has 33 heavy (non-hydrogen) atoms. The van der Waals surface area contributed by atoms with E-state index in [1.807, 2.05) is 18.2 Å². The Kier molecular flexibility index (Phi) is 6.28. The molecule has 1 aliphatic heterocycles. The van der Waals surface area contributed by atoms with Crippen molar-refractivity contribution in [3.8, 4) is 11.5 Å². The van der Waals surface area contributed by atoms with Crippen LogP contribution in [0.3, 0.4) is 0 Å². The lowest BCUT2D eigenvalue weighted by Crippen LogP contribution is -2.37. The van der Waals surface area contributed by atoms with Gasteiger partial charge in [0.15, 0.2) is 11.5 Å². The quantitative estimate of drug-likeness (QED) is 0.390. The molecule has 0 atom stereocenters. The van der Waals surface area contributed by atoms with Crippen LogP contribution in [-0.2, 0) is 4.74 Å². The third-order valence-electron chi connectivity index (χ3n) is 5.92. The van der Waals surface area contributed by atoms with Gasteiger partial charge in [-0.05, 0) is 43.7 Å². The van der Waals surface area contributed by atoms with Gasteiger partial charge in [-0.25, -0.2) is 9.97 Å². The average Bonchev–Trinajstić information content (AvgIpc) is 3.21. The predicted octanol–water partition coefficient (Wildman–Crippen LogP) is 4.27. The number of ether oxygens (including phenoxy) is 3. The fourth-order valence-electron chi connectivity index (χ4n) is 4.22. The van der Waals surface area contributed by atoms with Gasteiger partial charge in [0.2, 0.25) is 0 Å². The fraction of sp³-hybridized carbons (Fsp3) is 0.360. The van der Waals surface area contributed by atoms with Crippen molar-refractivity contribution < 1.29 is 14.2 Å². The zero-order valence-electron chi connectivity index (χ0n) is 19.1. The Morgan fingerprint density at radius 1 is 1.09 bits per heavy atom. The third-order valence-corrected chi connectivity index (χ3v) is 5.92. The maximum atomic E-state index is 6.07. The summed E-state index contributed by atoms with van der Waals surface area (Å²) in [5.74, 6) is 2.09. The molecule has 1 aliphatic rings. The van der Waals surface area contributed by atoms with Crippen molar-refractivity contribution in [1.29, 1.82) is 0 Å². The maximum Gasteiger partial charge on any atom is 0.163 e. The largest absolute Gasteiger partial charge is 0.493 e. The summed E-state index contributed by atoms with van der Waals surface area (Å²) in [5, 5.41) is 5.46. The zero-order chi connectivity index (χ0) is 22.6. The summed E-state index contributed by atoms with van der Waals surface area (Å²) in [5.41, 5.74) is 4.01. The van der Waals surface area contributed by atoms with E-state index in [2.05, 4.69) is 50.3 Å². The molecule has 2 N–H and O–H groups in total. The number of nitrogens with zero attached hydrogens (tertiary/aromatic N) is 3. The Labute approximate surface area is 192 Å². The highest BCUT2D eigenvalue weighted by Crippen LogP contribution is 2.35. The SMILES string of the molecule is COc1cc2c(Nc3ccc4[nH]c(C)cc4c3)ncnc2cc1OCCCN1CCOCC1. The van der Waals surface area contributed by atoms with Gasteiger partial charge in [-0.2, -0.15) is 0 Å². The first-order chi connectivity index (χ1) is 16.2. The summed E-state index contributed by atoms with van der Waals surface area (Å²) in [6, 6.07) is 12.2. The monoisotopic (exact) mass is 447 g/mol. The number of hydrogen-bond donors (Lipinski definition) is 2. The molecule has 1 fully saturated rings. The molecule has 5 rings (SSSR count). The van der Waals surface area contributed by atoms with E-state index in [4.69, 9.17) is 14.2 Å². The number of nitrogens with one attached hydrogen (secondary N) is 2. The third kappa shape index (κ3) is 4.86. The smallest absolute Gasteiger partial charge is 0.163 e. The number of aryl methyl sites for hydroxylation is 1. The zero-order valence-corrected chi connectivity index (χ0v) is 19.1. The lowest BCUT2D eigenvalue weighted by molar-refractivity contribution is 0.0357. The van der Waals surface area contributed by atoms with E-state index in [9.17, 15) is 0 Å². The number of aromatic nitrogens is 3. The molecule has 0 radical (unpaired) electrons. The molecule has 3 heterocycles. The number of fused-ring (bicyclic) bond motifs is 2. The maximum absolute atomic E-state index is 6.07. The second-order valence-electron chi connectivity index (χ2n) is 8.28. The van der Waals surface area contributed by atoms with Crippen LogP contribution in [0, 0.1) is 6.92 Å². The van der Waals surface area contributed by atoms with Crippen LogP contribution in [0.25, 0.3) is 21.8 Å². The molecule has 8 nitrogen and oxygen atoms in total. The minimum Gasteiger partial charge on any atom is -0.493 e. The average molecular weight is 448 g/mol. The highest BCUT2D eigenvalue weighted by atomic mass is 16.5. The number of anilines is 2. The molecule has 0 spiro atoms. The Balaban J connectivity index is 1.32. The van der Waals surface area contributed by atoms with E-state index >= 15 is 0 Å². The van der Waals surface area contributed by atoms with Gasteiger partial charge in [0.25, 0.3) is 0 Å². The molecule has 1 saturated heterocycles. The van der Waals surface area contributed by atoms with Gasteiger partial charge in [-0.15, -0.1) is 0 Å². The van der Waals surface area contributed by atoms with Gasteiger partial charge >= 0.3 is 0 Å². The van der Waals surface area contributed by atoms with Gasteiger partial charge in [0.1, 0.15) is 12.1 Å². The van der Waals surface area contributed by atoms with Crippen LogP contribution in [-0.4, -0.2) is 66.4 Å². The molecule has 0 aliphatic carbocycles. The summed E-state index contributed by atoms with van der Waals surface area (Å²) < 4.78 is 17.1. The summed E-state index contributed by atoms with van der Waals surface area (Å²) in [6.07, 6.45) is 2.51. The first-order valence-corrected chi connectivity index (χ1v) is 11.3. The Bertz CT molecular complexity index is 1250. The van der Waals surface area contributed by atoms with Crippen molar-refractivity contribution >= 4 is 33.3 Å². The predicted molar refractivity (Wildman–Crippen MR) is 130 cm³/mol. The van der Waals surface area contributed by atoms with Crippen molar-refractivity contribution in [1.82, 2.24) is 19.9 Å². The van der Waals surface area contributed by atoms with Gasteiger partial charge in [0, 0.05) is 53.4 Å². The molecule has 0 unspecified atom stereocenters. The van der Waals surface area contributed by atoms with Crippen LogP contribution in [0.4, 0.5) is 11.5 Å². The molecule has 0 bridgehead atoms. The lowest BCUT2D eigenvalue weighted by Gasteiger charge is -2.26. The molecule has 4 aromatic rings. The van der Waals surface area contributed by atoms with Gasteiger partial charge in [-0.3, -0.25) is 4.90 Å². The number of rotatable bonds is 8. The first-order valence-electron chi connectivity index (χ1n) is 11.3. The molecule has 172 valence electrons. The summed E-state index contributed by atoms with van der Waals surface area (Å²) in [7, 11) is 1.65. The van der Waals surface area contributed by atoms with Crippen LogP contribution in [0.1, 0.15) is 12.1 Å². The number of methoxy groups -OCH3 is 1. The summed E-state index contributed by atoms with van der Waals surface area (Å²) in [6.45, 7) is 7.28. The molecular formula is C25H29N5O3. The molecule has 2 aromatic heterocycles. The van der Waals surface area contributed by atoms with Crippen molar-refractivity contribution in [3.63, 3.8) is 0 Å².